The van der Waals surface area contributed by atoms with E-state index >= 15 is 0 Å². The number of hydrogen-bond acceptors (Lipinski definition) is 4. The number of aromatic nitrogens is 3. The summed E-state index contributed by atoms with van der Waals surface area (Å²) in [6.45, 7) is 0.526. The monoisotopic (exact) mass is 354 g/mol. The van der Waals surface area contributed by atoms with Gasteiger partial charge in [-0.15, -0.1) is 10.2 Å². The third-order valence-electron chi connectivity index (χ3n) is 4.35. The van der Waals surface area contributed by atoms with Crippen LogP contribution in [0.1, 0.15) is 12.2 Å². The number of fused-ring (bicyclic) bond motifs is 1. The van der Waals surface area contributed by atoms with Gasteiger partial charge in [0.15, 0.2) is 5.82 Å². The summed E-state index contributed by atoms with van der Waals surface area (Å²) in [6.07, 6.45) is 1.40. The molecular weight excluding hydrogens is 336 g/mol. The van der Waals surface area contributed by atoms with E-state index in [0.717, 1.165) is 17.2 Å². The van der Waals surface area contributed by atoms with Crippen molar-refractivity contribution < 1.29 is 8.42 Å². The van der Waals surface area contributed by atoms with Gasteiger partial charge in [-0.25, -0.2) is 13.1 Å². The minimum atomic E-state index is -3.53. The Morgan fingerprint density at radius 1 is 0.960 bits per heavy atom. The molecule has 4 rings (SSSR count). The predicted molar refractivity (Wildman–Crippen MR) is 94.3 cm³/mol. The first-order chi connectivity index (χ1) is 12.1. The second kappa shape index (κ2) is 6.42. The fourth-order valence-electron chi connectivity index (χ4n) is 3.11. The van der Waals surface area contributed by atoms with Crippen LogP contribution in [0.5, 0.6) is 0 Å². The number of nitrogens with one attached hydrogen (secondary N) is 1. The third kappa shape index (κ3) is 3.20. The van der Waals surface area contributed by atoms with E-state index in [4.69, 9.17) is 0 Å². The Hall–Kier alpha value is -2.51. The van der Waals surface area contributed by atoms with Gasteiger partial charge in [-0.2, -0.15) is 0 Å². The van der Waals surface area contributed by atoms with Crippen molar-refractivity contribution >= 4 is 10.0 Å². The van der Waals surface area contributed by atoms with E-state index in [1.165, 1.54) is 0 Å². The third-order valence-corrected chi connectivity index (χ3v) is 5.89. The normalized spacial score (nSPS) is 17.2. The molecular formula is C18H18N4O2S. The highest BCUT2D eigenvalue weighted by molar-refractivity contribution is 7.89. The fraction of sp³-hybridized carbons (Fsp3) is 0.222. The minimum Gasteiger partial charge on any atom is -0.309 e. The zero-order valence-corrected chi connectivity index (χ0v) is 14.4. The van der Waals surface area contributed by atoms with Gasteiger partial charge in [0.25, 0.3) is 0 Å². The molecule has 1 aromatic heterocycles. The van der Waals surface area contributed by atoms with Crippen molar-refractivity contribution in [2.24, 2.45) is 0 Å². The van der Waals surface area contributed by atoms with Crippen LogP contribution in [0.15, 0.2) is 65.6 Å². The topological polar surface area (TPSA) is 76.9 Å². The molecule has 0 bridgehead atoms. The quantitative estimate of drug-likeness (QED) is 0.779. The molecule has 0 amide bonds. The van der Waals surface area contributed by atoms with Crippen molar-refractivity contribution in [1.82, 2.24) is 19.5 Å². The molecule has 6 nitrogen and oxygen atoms in total. The van der Waals surface area contributed by atoms with Crippen LogP contribution >= 0.6 is 0 Å². The Bertz CT molecular complexity index is 969. The van der Waals surface area contributed by atoms with Gasteiger partial charge in [-0.05, 0) is 18.6 Å². The summed E-state index contributed by atoms with van der Waals surface area (Å²) in [7, 11) is -3.53. The predicted octanol–water partition coefficient (Wildman–Crippen LogP) is 2.24. The van der Waals surface area contributed by atoms with Crippen LogP contribution in [0, 0.1) is 0 Å². The average Bonchev–Trinajstić information content (AvgIpc) is 3.06. The van der Waals surface area contributed by atoms with Gasteiger partial charge in [-0.3, -0.25) is 0 Å². The lowest BCUT2D eigenvalue weighted by molar-refractivity contribution is 0.423. The maximum absolute atomic E-state index is 12.6. The molecule has 0 spiro atoms. The SMILES string of the molecule is O=S(=O)(N[C@@H]1CCc2nnc(-c3ccccc3)n2C1)c1ccccc1. The molecule has 0 saturated heterocycles. The van der Waals surface area contributed by atoms with Crippen molar-refractivity contribution in [3.8, 4) is 11.4 Å². The molecule has 2 heterocycles. The second-order valence-corrected chi connectivity index (χ2v) is 7.80. The minimum absolute atomic E-state index is 0.184. The molecule has 0 aliphatic carbocycles. The molecule has 1 N–H and O–H groups in total. The summed E-state index contributed by atoms with van der Waals surface area (Å²) in [4.78, 5) is 0.285. The Kier molecular flexibility index (Phi) is 4.10. The summed E-state index contributed by atoms with van der Waals surface area (Å²) < 4.78 is 29.9. The van der Waals surface area contributed by atoms with E-state index in [-0.39, 0.29) is 10.9 Å². The Morgan fingerprint density at radius 3 is 2.36 bits per heavy atom. The maximum atomic E-state index is 12.6. The average molecular weight is 354 g/mol. The molecule has 0 unspecified atom stereocenters. The summed E-state index contributed by atoms with van der Waals surface area (Å²) >= 11 is 0. The lowest BCUT2D eigenvalue weighted by Crippen LogP contribution is -2.41. The van der Waals surface area contributed by atoms with Crippen LogP contribution in [0.3, 0.4) is 0 Å². The van der Waals surface area contributed by atoms with Gasteiger partial charge in [0.1, 0.15) is 5.82 Å². The summed E-state index contributed by atoms with van der Waals surface area (Å²) in [5.74, 6) is 1.67. The molecule has 0 radical (unpaired) electrons. The second-order valence-electron chi connectivity index (χ2n) is 6.09. The van der Waals surface area contributed by atoms with Crippen molar-refractivity contribution in [3.63, 3.8) is 0 Å². The van der Waals surface area contributed by atoms with Crippen molar-refractivity contribution in [2.75, 3.05) is 0 Å². The lowest BCUT2D eigenvalue weighted by atomic mass is 10.1. The fourth-order valence-corrected chi connectivity index (χ4v) is 4.39. The molecule has 7 heteroatoms. The summed E-state index contributed by atoms with van der Waals surface area (Å²) in [6, 6.07) is 18.1. The van der Waals surface area contributed by atoms with E-state index < -0.39 is 10.0 Å². The van der Waals surface area contributed by atoms with Crippen LogP contribution in [0.25, 0.3) is 11.4 Å². The van der Waals surface area contributed by atoms with E-state index in [1.807, 2.05) is 34.9 Å². The molecule has 25 heavy (non-hydrogen) atoms. The molecule has 1 aliphatic rings. The Labute approximate surface area is 146 Å². The van der Waals surface area contributed by atoms with Crippen LogP contribution in [-0.2, 0) is 23.0 Å². The number of nitrogens with zero attached hydrogens (tertiary/aromatic N) is 3. The molecule has 2 aromatic carbocycles. The molecule has 0 fully saturated rings. The number of sulfonamides is 1. The largest absolute Gasteiger partial charge is 0.309 e. The van der Waals surface area contributed by atoms with Gasteiger partial charge in [-0.1, -0.05) is 48.5 Å². The van der Waals surface area contributed by atoms with Gasteiger partial charge in [0.2, 0.25) is 10.0 Å². The van der Waals surface area contributed by atoms with Crippen molar-refractivity contribution in [3.05, 3.63) is 66.5 Å². The summed E-state index contributed by atoms with van der Waals surface area (Å²) in [5.41, 5.74) is 0.979. The highest BCUT2D eigenvalue weighted by Crippen LogP contribution is 2.23. The number of benzene rings is 2. The van der Waals surface area contributed by atoms with Gasteiger partial charge < -0.3 is 4.57 Å². The maximum Gasteiger partial charge on any atom is 0.240 e. The zero-order valence-electron chi connectivity index (χ0n) is 13.5. The van der Waals surface area contributed by atoms with Crippen molar-refractivity contribution in [1.29, 1.82) is 0 Å². The van der Waals surface area contributed by atoms with E-state index in [2.05, 4.69) is 14.9 Å². The highest BCUT2D eigenvalue weighted by atomic mass is 32.2. The van der Waals surface area contributed by atoms with Gasteiger partial charge in [0.05, 0.1) is 4.90 Å². The zero-order chi connectivity index (χ0) is 17.3. The van der Waals surface area contributed by atoms with Crippen LogP contribution < -0.4 is 4.72 Å². The standard InChI is InChI=1S/C18H18N4O2S/c23-25(24,16-9-5-2-6-10-16)21-15-11-12-17-19-20-18(22(17)13-15)14-7-3-1-4-8-14/h1-10,15,21H,11-13H2/t15-/m1/s1. The van der Waals surface area contributed by atoms with E-state index in [1.54, 1.807) is 30.3 Å². The number of rotatable bonds is 4. The molecule has 128 valence electrons. The smallest absolute Gasteiger partial charge is 0.240 e. The van der Waals surface area contributed by atoms with Crippen molar-refractivity contribution in [2.45, 2.75) is 30.3 Å². The van der Waals surface area contributed by atoms with Gasteiger partial charge in [0, 0.05) is 24.6 Å². The van der Waals surface area contributed by atoms with Crippen LogP contribution in [0.4, 0.5) is 0 Å². The molecule has 1 aliphatic heterocycles. The Balaban J connectivity index is 1.58. The first kappa shape index (κ1) is 16.0. The highest BCUT2D eigenvalue weighted by Gasteiger charge is 2.27. The number of hydrogen-bond donors (Lipinski definition) is 1. The first-order valence-corrected chi connectivity index (χ1v) is 9.67. The lowest BCUT2D eigenvalue weighted by Gasteiger charge is -2.25. The van der Waals surface area contributed by atoms with Crippen LogP contribution in [0.2, 0.25) is 0 Å². The van der Waals surface area contributed by atoms with E-state index in [0.29, 0.717) is 19.4 Å². The molecule has 0 saturated carbocycles. The molecule has 3 aromatic rings. The van der Waals surface area contributed by atoms with Gasteiger partial charge >= 0.3 is 0 Å². The molecule has 1 atom stereocenters. The first-order valence-electron chi connectivity index (χ1n) is 8.18. The van der Waals surface area contributed by atoms with Crippen LogP contribution in [-0.4, -0.2) is 29.2 Å². The summed E-state index contributed by atoms with van der Waals surface area (Å²) in [5, 5.41) is 8.55. The Morgan fingerprint density at radius 2 is 1.64 bits per heavy atom. The van der Waals surface area contributed by atoms with E-state index in [9.17, 15) is 8.42 Å². The number of aryl methyl sites for hydroxylation is 1.